The van der Waals surface area contributed by atoms with Gasteiger partial charge in [-0.25, -0.2) is 0 Å². The van der Waals surface area contributed by atoms with E-state index >= 15 is 0 Å². The molecule has 1 aromatic rings. The molecule has 1 aliphatic carbocycles. The van der Waals surface area contributed by atoms with E-state index in [4.69, 9.17) is 4.74 Å². The Labute approximate surface area is 122 Å². The maximum atomic E-state index is 12.3. The summed E-state index contributed by atoms with van der Waals surface area (Å²) in [6, 6.07) is 5.93. The second kappa shape index (κ2) is 5.25. The summed E-state index contributed by atoms with van der Waals surface area (Å²) in [5.74, 6) is -0.00794. The predicted molar refractivity (Wildman–Crippen MR) is 79.3 cm³/mol. The molecule has 2 rings (SSSR count). The molecule has 0 saturated heterocycles. The Morgan fingerprint density at radius 2 is 2.16 bits per heavy atom. The summed E-state index contributed by atoms with van der Waals surface area (Å²) in [4.78, 5) is 12.3. The van der Waals surface area contributed by atoms with Crippen LogP contribution in [-0.2, 0) is 4.74 Å². The first-order chi connectivity index (χ1) is 8.86. The van der Waals surface area contributed by atoms with Crippen molar-refractivity contribution in [1.82, 2.24) is 5.32 Å². The highest BCUT2D eigenvalue weighted by atomic mass is 79.9. The smallest absolute Gasteiger partial charge is 0.251 e. The molecule has 0 aliphatic heterocycles. The van der Waals surface area contributed by atoms with Crippen molar-refractivity contribution in [3.8, 4) is 0 Å². The number of halogens is 1. The van der Waals surface area contributed by atoms with E-state index in [0.717, 1.165) is 22.0 Å². The molecule has 1 aliphatic rings. The highest BCUT2D eigenvalue weighted by molar-refractivity contribution is 9.10. The van der Waals surface area contributed by atoms with Crippen molar-refractivity contribution in [2.75, 3.05) is 7.11 Å². The number of nitrogens with one attached hydrogen (secondary N) is 1. The molecule has 1 N–H and O–H groups in total. The largest absolute Gasteiger partial charge is 0.381 e. The standard InChI is InChI=1S/C15H20BrNO2/c1-9-5-6-10(16)7-11(9)14(18)17-12-8-13(19-4)15(12,2)3/h5-7,12-13H,8H2,1-4H3,(H,17,18). The van der Waals surface area contributed by atoms with Gasteiger partial charge in [-0.15, -0.1) is 0 Å². The van der Waals surface area contributed by atoms with Gasteiger partial charge >= 0.3 is 0 Å². The summed E-state index contributed by atoms with van der Waals surface area (Å²) >= 11 is 3.41. The number of hydrogen-bond donors (Lipinski definition) is 1. The van der Waals surface area contributed by atoms with Crippen molar-refractivity contribution in [3.05, 3.63) is 33.8 Å². The number of carbonyl (C=O) groups excluding carboxylic acids is 1. The molecule has 1 amide bonds. The number of carbonyl (C=O) groups is 1. The van der Waals surface area contributed by atoms with Crippen LogP contribution in [-0.4, -0.2) is 25.2 Å². The minimum Gasteiger partial charge on any atom is -0.381 e. The normalized spacial score (nSPS) is 24.7. The zero-order valence-electron chi connectivity index (χ0n) is 11.8. The lowest BCUT2D eigenvalue weighted by molar-refractivity contribution is -0.0942. The van der Waals surface area contributed by atoms with Crippen LogP contribution in [0, 0.1) is 12.3 Å². The zero-order valence-corrected chi connectivity index (χ0v) is 13.4. The minimum absolute atomic E-state index is 0.00794. The summed E-state index contributed by atoms with van der Waals surface area (Å²) in [7, 11) is 1.73. The number of benzene rings is 1. The Morgan fingerprint density at radius 1 is 1.47 bits per heavy atom. The molecule has 1 aromatic carbocycles. The first-order valence-electron chi connectivity index (χ1n) is 6.46. The van der Waals surface area contributed by atoms with Gasteiger partial charge in [0, 0.05) is 28.6 Å². The molecule has 0 radical (unpaired) electrons. The van der Waals surface area contributed by atoms with Crippen molar-refractivity contribution in [2.24, 2.45) is 5.41 Å². The van der Waals surface area contributed by atoms with Crippen molar-refractivity contribution in [3.63, 3.8) is 0 Å². The molecule has 0 spiro atoms. The Hall–Kier alpha value is -0.870. The molecule has 1 fully saturated rings. The Balaban J connectivity index is 2.09. The predicted octanol–water partition coefficient (Wildman–Crippen LogP) is 3.30. The first kappa shape index (κ1) is 14.5. The zero-order chi connectivity index (χ0) is 14.2. The van der Waals surface area contributed by atoms with Crippen molar-refractivity contribution in [1.29, 1.82) is 0 Å². The third kappa shape index (κ3) is 2.70. The Morgan fingerprint density at radius 3 is 2.74 bits per heavy atom. The maximum Gasteiger partial charge on any atom is 0.251 e. The molecule has 0 bridgehead atoms. The van der Waals surface area contributed by atoms with Gasteiger partial charge in [0.15, 0.2) is 0 Å². The number of amides is 1. The fourth-order valence-electron chi connectivity index (χ4n) is 2.61. The topological polar surface area (TPSA) is 38.3 Å². The van der Waals surface area contributed by atoms with E-state index in [2.05, 4.69) is 35.1 Å². The SMILES string of the molecule is COC1CC(NC(=O)c2cc(Br)ccc2C)C1(C)C. The molecule has 1 saturated carbocycles. The van der Waals surface area contributed by atoms with Crippen molar-refractivity contribution >= 4 is 21.8 Å². The van der Waals surface area contributed by atoms with E-state index in [1.165, 1.54) is 0 Å². The van der Waals surface area contributed by atoms with Crippen LogP contribution in [0.4, 0.5) is 0 Å². The van der Waals surface area contributed by atoms with Crippen LogP contribution >= 0.6 is 15.9 Å². The van der Waals surface area contributed by atoms with Crippen LogP contribution in [0.25, 0.3) is 0 Å². The summed E-state index contributed by atoms with van der Waals surface area (Å²) in [5, 5.41) is 3.12. The fourth-order valence-corrected chi connectivity index (χ4v) is 2.97. The summed E-state index contributed by atoms with van der Waals surface area (Å²) < 4.78 is 6.33. The van der Waals surface area contributed by atoms with Crippen LogP contribution in [0.2, 0.25) is 0 Å². The third-order valence-electron chi connectivity index (χ3n) is 4.21. The average Bonchev–Trinajstić information content (AvgIpc) is 2.36. The number of aryl methyl sites for hydroxylation is 1. The molecule has 2 atom stereocenters. The van der Waals surface area contributed by atoms with Crippen molar-refractivity contribution in [2.45, 2.75) is 39.3 Å². The molecule has 0 aromatic heterocycles. The molecule has 104 valence electrons. The summed E-state index contributed by atoms with van der Waals surface area (Å²) in [6.45, 7) is 6.21. The fraction of sp³-hybridized carbons (Fsp3) is 0.533. The van der Waals surface area contributed by atoms with Gasteiger partial charge in [-0.3, -0.25) is 4.79 Å². The van der Waals surface area contributed by atoms with E-state index in [1.54, 1.807) is 7.11 Å². The highest BCUT2D eigenvalue weighted by Gasteiger charge is 2.49. The van der Waals surface area contributed by atoms with Crippen LogP contribution in [0.1, 0.15) is 36.2 Å². The third-order valence-corrected chi connectivity index (χ3v) is 4.71. The Kier molecular flexibility index (Phi) is 4.02. The van der Waals surface area contributed by atoms with Gasteiger partial charge in [-0.05, 0) is 31.0 Å². The molecule has 19 heavy (non-hydrogen) atoms. The molecular weight excluding hydrogens is 306 g/mol. The number of methoxy groups -OCH3 is 1. The first-order valence-corrected chi connectivity index (χ1v) is 7.25. The van der Waals surface area contributed by atoms with Gasteiger partial charge in [-0.2, -0.15) is 0 Å². The molecule has 0 heterocycles. The second-order valence-corrected chi connectivity index (χ2v) is 6.68. The van der Waals surface area contributed by atoms with Gasteiger partial charge in [0.25, 0.3) is 5.91 Å². The molecule has 2 unspecified atom stereocenters. The van der Waals surface area contributed by atoms with Gasteiger partial charge in [0.1, 0.15) is 0 Å². The number of rotatable bonds is 3. The van der Waals surface area contributed by atoms with Gasteiger partial charge < -0.3 is 10.1 Å². The van der Waals surface area contributed by atoms with Gasteiger partial charge in [0.05, 0.1) is 6.10 Å². The lowest BCUT2D eigenvalue weighted by Crippen LogP contribution is -2.61. The lowest BCUT2D eigenvalue weighted by Gasteiger charge is -2.51. The van der Waals surface area contributed by atoms with E-state index in [9.17, 15) is 4.79 Å². The quantitative estimate of drug-likeness (QED) is 0.925. The average molecular weight is 326 g/mol. The van der Waals surface area contributed by atoms with E-state index < -0.39 is 0 Å². The van der Waals surface area contributed by atoms with Crippen molar-refractivity contribution < 1.29 is 9.53 Å². The summed E-state index contributed by atoms with van der Waals surface area (Å²) in [5.41, 5.74) is 1.71. The second-order valence-electron chi connectivity index (χ2n) is 5.77. The molecule has 4 heteroatoms. The maximum absolute atomic E-state index is 12.3. The van der Waals surface area contributed by atoms with Crippen LogP contribution in [0.5, 0.6) is 0 Å². The van der Waals surface area contributed by atoms with Gasteiger partial charge in [0.2, 0.25) is 0 Å². The Bertz CT molecular complexity index is 499. The monoisotopic (exact) mass is 325 g/mol. The number of ether oxygens (including phenoxy) is 1. The van der Waals surface area contributed by atoms with Crippen LogP contribution in [0.3, 0.4) is 0 Å². The summed E-state index contributed by atoms with van der Waals surface area (Å²) in [6.07, 6.45) is 1.10. The lowest BCUT2D eigenvalue weighted by atomic mass is 9.64. The van der Waals surface area contributed by atoms with Gasteiger partial charge in [-0.1, -0.05) is 35.8 Å². The highest BCUT2D eigenvalue weighted by Crippen LogP contribution is 2.42. The van der Waals surface area contributed by atoms with E-state index in [1.807, 2.05) is 25.1 Å². The van der Waals surface area contributed by atoms with Crippen LogP contribution < -0.4 is 5.32 Å². The van der Waals surface area contributed by atoms with Crippen LogP contribution in [0.15, 0.2) is 22.7 Å². The molecule has 3 nitrogen and oxygen atoms in total. The van der Waals surface area contributed by atoms with E-state index in [0.29, 0.717) is 0 Å². The molecular formula is C15H20BrNO2. The van der Waals surface area contributed by atoms with E-state index in [-0.39, 0.29) is 23.5 Å². The number of hydrogen-bond acceptors (Lipinski definition) is 2. The minimum atomic E-state index is -0.00960.